The smallest absolute Gasteiger partial charge is 0.231 e. The van der Waals surface area contributed by atoms with Crippen molar-refractivity contribution in [2.24, 2.45) is 11.5 Å². The first-order chi connectivity index (χ1) is 10.5. The van der Waals surface area contributed by atoms with Crippen molar-refractivity contribution in [2.45, 2.75) is 6.42 Å². The first-order valence-corrected chi connectivity index (χ1v) is 7.10. The van der Waals surface area contributed by atoms with Crippen molar-refractivity contribution in [1.82, 2.24) is 15.1 Å². The summed E-state index contributed by atoms with van der Waals surface area (Å²) in [6.45, 7) is 6.39. The molecule has 0 radical (unpaired) electrons. The number of rotatable bonds is 13. The third-order valence-electron chi connectivity index (χ3n) is 2.89. The second-order valence-corrected chi connectivity index (χ2v) is 4.89. The Morgan fingerprint density at radius 1 is 1.27 bits per heavy atom. The SMILES string of the molecule is C=C/C(N)=C\C=C\CCN(CCN(C)CNC=O)CC(N)=O. The Kier molecular flexibility index (Phi) is 11.4. The van der Waals surface area contributed by atoms with E-state index < -0.39 is 0 Å². The number of nitrogens with one attached hydrogen (secondary N) is 1. The van der Waals surface area contributed by atoms with Gasteiger partial charge in [-0.3, -0.25) is 19.4 Å². The molecule has 0 spiro atoms. The monoisotopic (exact) mass is 309 g/mol. The fourth-order valence-corrected chi connectivity index (χ4v) is 1.68. The van der Waals surface area contributed by atoms with Gasteiger partial charge in [0.2, 0.25) is 12.3 Å². The minimum Gasteiger partial charge on any atom is -0.399 e. The lowest BCUT2D eigenvalue weighted by atomic mass is 10.3. The fourth-order valence-electron chi connectivity index (χ4n) is 1.68. The zero-order valence-electron chi connectivity index (χ0n) is 13.2. The summed E-state index contributed by atoms with van der Waals surface area (Å²) >= 11 is 0. The third-order valence-corrected chi connectivity index (χ3v) is 2.89. The number of carbonyl (C=O) groups is 2. The van der Waals surface area contributed by atoms with Crippen LogP contribution in [-0.4, -0.2) is 62.0 Å². The molecule has 7 heteroatoms. The molecule has 0 heterocycles. The topological polar surface area (TPSA) is 105 Å². The summed E-state index contributed by atoms with van der Waals surface area (Å²) in [5, 5.41) is 2.59. The molecule has 0 rings (SSSR count). The Labute approximate surface area is 132 Å². The number of carbonyl (C=O) groups excluding carboxylic acids is 2. The highest BCUT2D eigenvalue weighted by molar-refractivity contribution is 5.75. The molecule has 0 aliphatic carbocycles. The maximum atomic E-state index is 11.1. The molecule has 0 aliphatic rings. The van der Waals surface area contributed by atoms with Gasteiger partial charge in [0.1, 0.15) is 0 Å². The molecule has 22 heavy (non-hydrogen) atoms. The average molecular weight is 309 g/mol. The van der Waals surface area contributed by atoms with Crippen LogP contribution in [0, 0.1) is 0 Å². The summed E-state index contributed by atoms with van der Waals surface area (Å²) < 4.78 is 0. The van der Waals surface area contributed by atoms with Gasteiger partial charge in [0.15, 0.2) is 0 Å². The lowest BCUT2D eigenvalue weighted by Crippen LogP contribution is -2.41. The molecule has 7 nitrogen and oxygen atoms in total. The molecule has 0 aromatic rings. The van der Waals surface area contributed by atoms with Gasteiger partial charge in [-0.25, -0.2) is 0 Å². The van der Waals surface area contributed by atoms with Gasteiger partial charge < -0.3 is 16.8 Å². The van der Waals surface area contributed by atoms with Crippen molar-refractivity contribution in [3.8, 4) is 0 Å². The van der Waals surface area contributed by atoms with Gasteiger partial charge in [-0.2, -0.15) is 0 Å². The average Bonchev–Trinajstić information content (AvgIpc) is 2.49. The molecule has 0 saturated heterocycles. The van der Waals surface area contributed by atoms with Crippen molar-refractivity contribution in [2.75, 3.05) is 39.9 Å². The Balaban J connectivity index is 4.20. The maximum absolute atomic E-state index is 11.1. The van der Waals surface area contributed by atoms with Crippen molar-refractivity contribution in [3.63, 3.8) is 0 Å². The summed E-state index contributed by atoms with van der Waals surface area (Å²) in [5.41, 5.74) is 11.5. The van der Waals surface area contributed by atoms with Crippen LogP contribution in [0.2, 0.25) is 0 Å². The number of nitrogens with two attached hydrogens (primary N) is 2. The summed E-state index contributed by atoms with van der Waals surface area (Å²) in [4.78, 5) is 25.3. The van der Waals surface area contributed by atoms with Crippen LogP contribution < -0.4 is 16.8 Å². The van der Waals surface area contributed by atoms with E-state index in [1.165, 1.54) is 0 Å². The summed E-state index contributed by atoms with van der Waals surface area (Å²) in [6.07, 6.45) is 8.62. The third kappa shape index (κ3) is 11.7. The standard InChI is InChI=1S/C15H27N5O2/c1-3-14(16)7-5-4-6-8-20(11-15(17)22)10-9-19(2)12-18-13-21/h3-5,7,13H,1,6,8-12,16H2,2H3,(H2,17,22)(H,18,21)/b5-4+,14-7+. The van der Waals surface area contributed by atoms with Gasteiger partial charge in [0.05, 0.1) is 13.2 Å². The van der Waals surface area contributed by atoms with Gasteiger partial charge in [0, 0.05) is 25.3 Å². The summed E-state index contributed by atoms with van der Waals surface area (Å²) in [5.74, 6) is -0.353. The lowest BCUT2D eigenvalue weighted by Gasteiger charge is -2.23. The molecule has 0 aromatic heterocycles. The molecule has 0 saturated carbocycles. The first-order valence-electron chi connectivity index (χ1n) is 7.10. The Hall–Kier alpha value is -2.12. The van der Waals surface area contributed by atoms with E-state index in [1.54, 1.807) is 12.2 Å². The van der Waals surface area contributed by atoms with Gasteiger partial charge >= 0.3 is 0 Å². The first kappa shape index (κ1) is 19.9. The minimum atomic E-state index is -0.353. The maximum Gasteiger partial charge on any atom is 0.231 e. The molecular formula is C15H27N5O2. The molecule has 0 aliphatic heterocycles. The molecular weight excluding hydrogens is 282 g/mol. The Bertz CT molecular complexity index is 407. The Morgan fingerprint density at radius 3 is 2.59 bits per heavy atom. The quantitative estimate of drug-likeness (QED) is 0.239. The van der Waals surface area contributed by atoms with Crippen LogP contribution in [0.15, 0.2) is 36.6 Å². The van der Waals surface area contributed by atoms with Crippen molar-refractivity contribution >= 4 is 12.3 Å². The number of amides is 2. The molecule has 0 atom stereocenters. The lowest BCUT2D eigenvalue weighted by molar-refractivity contribution is -0.119. The molecule has 0 fully saturated rings. The van der Waals surface area contributed by atoms with E-state index in [0.29, 0.717) is 25.3 Å². The van der Waals surface area contributed by atoms with E-state index in [4.69, 9.17) is 11.5 Å². The van der Waals surface area contributed by atoms with Crippen LogP contribution in [0.25, 0.3) is 0 Å². The van der Waals surface area contributed by atoms with Gasteiger partial charge in [-0.15, -0.1) is 0 Å². The largest absolute Gasteiger partial charge is 0.399 e. The van der Waals surface area contributed by atoms with Gasteiger partial charge in [0.25, 0.3) is 0 Å². The minimum absolute atomic E-state index is 0.216. The number of likely N-dealkylation sites (N-methyl/N-ethyl adjacent to an activating group) is 1. The Morgan fingerprint density at radius 2 is 2.00 bits per heavy atom. The molecule has 124 valence electrons. The van der Waals surface area contributed by atoms with Crippen molar-refractivity contribution in [3.05, 3.63) is 36.6 Å². The van der Waals surface area contributed by atoms with Crippen LogP contribution in [-0.2, 0) is 9.59 Å². The van der Waals surface area contributed by atoms with Crippen LogP contribution >= 0.6 is 0 Å². The van der Waals surface area contributed by atoms with Crippen LogP contribution in [0.1, 0.15) is 6.42 Å². The molecule has 0 bridgehead atoms. The highest BCUT2D eigenvalue weighted by atomic mass is 16.1. The van der Waals surface area contributed by atoms with E-state index in [-0.39, 0.29) is 12.5 Å². The molecule has 0 unspecified atom stereocenters. The van der Waals surface area contributed by atoms with Crippen molar-refractivity contribution < 1.29 is 9.59 Å². The second kappa shape index (κ2) is 12.6. The predicted molar refractivity (Wildman–Crippen MR) is 88.6 cm³/mol. The molecule has 0 aromatic carbocycles. The van der Waals surface area contributed by atoms with E-state index in [9.17, 15) is 9.59 Å². The zero-order valence-corrected chi connectivity index (χ0v) is 13.2. The highest BCUT2D eigenvalue weighted by Gasteiger charge is 2.08. The van der Waals surface area contributed by atoms with Gasteiger partial charge in [-0.05, 0) is 25.6 Å². The van der Waals surface area contributed by atoms with Gasteiger partial charge in [-0.1, -0.05) is 18.7 Å². The molecule has 5 N–H and O–H groups in total. The van der Waals surface area contributed by atoms with Crippen LogP contribution in [0.4, 0.5) is 0 Å². The van der Waals surface area contributed by atoms with Crippen LogP contribution in [0.5, 0.6) is 0 Å². The fraction of sp³-hybridized carbons (Fsp3) is 0.467. The highest BCUT2D eigenvalue weighted by Crippen LogP contribution is 1.95. The predicted octanol–water partition coefficient (Wildman–Crippen LogP) is -0.616. The normalized spacial score (nSPS) is 12.0. The van der Waals surface area contributed by atoms with Crippen molar-refractivity contribution in [1.29, 1.82) is 0 Å². The number of primary amides is 1. The van der Waals surface area contributed by atoms with E-state index in [2.05, 4.69) is 11.9 Å². The van der Waals surface area contributed by atoms with Crippen LogP contribution in [0.3, 0.4) is 0 Å². The number of hydrogen-bond donors (Lipinski definition) is 3. The van der Waals surface area contributed by atoms with E-state index >= 15 is 0 Å². The zero-order chi connectivity index (χ0) is 16.8. The van der Waals surface area contributed by atoms with E-state index in [0.717, 1.165) is 19.5 Å². The summed E-state index contributed by atoms with van der Waals surface area (Å²) in [6, 6.07) is 0. The van der Waals surface area contributed by atoms with E-state index in [1.807, 2.05) is 29.0 Å². The summed E-state index contributed by atoms with van der Waals surface area (Å²) in [7, 11) is 1.89. The number of hydrogen-bond acceptors (Lipinski definition) is 5. The number of allylic oxidation sites excluding steroid dienone is 3. The second-order valence-electron chi connectivity index (χ2n) is 4.89. The molecule has 2 amide bonds. The number of nitrogens with zero attached hydrogens (tertiary/aromatic N) is 2.